The Morgan fingerprint density at radius 1 is 1.10 bits per heavy atom. The Kier molecular flexibility index (Phi) is 6.50. The number of nitrogens with zero attached hydrogens (tertiary/aromatic N) is 7. The van der Waals surface area contributed by atoms with E-state index in [0.717, 1.165) is 4.68 Å². The summed E-state index contributed by atoms with van der Waals surface area (Å²) in [7, 11) is 0. The number of nitrogens with one attached hydrogen (secondary N) is 1. The van der Waals surface area contributed by atoms with Crippen LogP contribution in [0.15, 0.2) is 30.6 Å². The summed E-state index contributed by atoms with van der Waals surface area (Å²) >= 11 is 0. The van der Waals surface area contributed by atoms with Gasteiger partial charge in [0.15, 0.2) is 5.69 Å². The second-order valence-electron chi connectivity index (χ2n) is 10.0. The van der Waals surface area contributed by atoms with Gasteiger partial charge in [-0.3, -0.25) is 9.25 Å². The van der Waals surface area contributed by atoms with Crippen LogP contribution in [0.1, 0.15) is 37.2 Å². The summed E-state index contributed by atoms with van der Waals surface area (Å²) in [6.45, 7) is 6.25. The topological polar surface area (TPSA) is 85.9 Å². The highest BCUT2D eigenvalue weighted by atomic mass is 19.4. The third-order valence-corrected chi connectivity index (χ3v) is 7.35. The first-order valence-corrected chi connectivity index (χ1v) is 12.9. The Hall–Kier alpha value is -3.58. The van der Waals surface area contributed by atoms with Crippen LogP contribution in [0, 0.1) is 12.7 Å². The number of piperidine rings is 1. The molecule has 0 spiro atoms. The summed E-state index contributed by atoms with van der Waals surface area (Å²) in [6, 6.07) is 5.30. The summed E-state index contributed by atoms with van der Waals surface area (Å²) in [5.41, 5.74) is 0.396. The number of benzene rings is 1. The number of fused-ring (bicyclic) bond motifs is 1. The first-order chi connectivity index (χ1) is 18.7. The van der Waals surface area contributed by atoms with Gasteiger partial charge in [-0.15, -0.1) is 0 Å². The zero-order valence-corrected chi connectivity index (χ0v) is 21.5. The van der Waals surface area contributed by atoms with Gasteiger partial charge in [-0.2, -0.15) is 23.3 Å². The molecule has 1 N–H and O–H groups in total. The highest BCUT2D eigenvalue weighted by molar-refractivity contribution is 5.77. The van der Waals surface area contributed by atoms with Gasteiger partial charge < -0.3 is 15.0 Å². The predicted molar refractivity (Wildman–Crippen MR) is 136 cm³/mol. The van der Waals surface area contributed by atoms with E-state index in [0.29, 0.717) is 62.5 Å². The Bertz CT molecular complexity index is 1510. The molecule has 0 bridgehead atoms. The maximum absolute atomic E-state index is 14.7. The fourth-order valence-corrected chi connectivity index (χ4v) is 5.46. The molecule has 9 nitrogen and oxygen atoms in total. The van der Waals surface area contributed by atoms with Gasteiger partial charge in [0.2, 0.25) is 5.95 Å². The van der Waals surface area contributed by atoms with Gasteiger partial charge in [0.25, 0.3) is 0 Å². The lowest BCUT2D eigenvalue weighted by molar-refractivity contribution is -0.144. The monoisotopic (exact) mass is 544 g/mol. The molecule has 2 aliphatic rings. The van der Waals surface area contributed by atoms with E-state index >= 15 is 0 Å². The van der Waals surface area contributed by atoms with E-state index in [-0.39, 0.29) is 35.0 Å². The Morgan fingerprint density at radius 3 is 2.64 bits per heavy atom. The van der Waals surface area contributed by atoms with Crippen molar-refractivity contribution in [1.82, 2.24) is 34.6 Å². The molecule has 2 fully saturated rings. The van der Waals surface area contributed by atoms with Gasteiger partial charge in [0.05, 0.1) is 53.3 Å². The Morgan fingerprint density at radius 2 is 1.90 bits per heavy atom. The van der Waals surface area contributed by atoms with Crippen molar-refractivity contribution >= 4 is 16.9 Å². The van der Waals surface area contributed by atoms with E-state index in [1.54, 1.807) is 23.6 Å². The van der Waals surface area contributed by atoms with E-state index in [4.69, 9.17) is 9.72 Å². The van der Waals surface area contributed by atoms with Crippen LogP contribution in [0.2, 0.25) is 0 Å². The van der Waals surface area contributed by atoms with Gasteiger partial charge in [0, 0.05) is 18.7 Å². The molecule has 0 aliphatic carbocycles. The summed E-state index contributed by atoms with van der Waals surface area (Å²) in [5.74, 6) is 0.162. The maximum Gasteiger partial charge on any atom is 0.433 e. The number of anilines is 1. The molecule has 0 saturated carbocycles. The quantitative estimate of drug-likeness (QED) is 0.384. The molecule has 2 aliphatic heterocycles. The van der Waals surface area contributed by atoms with E-state index in [2.05, 4.69) is 20.4 Å². The lowest BCUT2D eigenvalue weighted by Crippen LogP contribution is -2.44. The van der Waals surface area contributed by atoms with Crippen molar-refractivity contribution in [2.75, 3.05) is 37.7 Å². The highest BCUT2D eigenvalue weighted by Crippen LogP contribution is 2.42. The normalized spacial score (nSPS) is 19.2. The number of imidazole rings is 1. The number of halogens is 4. The lowest BCUT2D eigenvalue weighted by Gasteiger charge is -2.34. The van der Waals surface area contributed by atoms with Crippen molar-refractivity contribution in [3.05, 3.63) is 47.8 Å². The molecule has 1 atom stereocenters. The molecule has 0 radical (unpaired) electrons. The second-order valence-corrected chi connectivity index (χ2v) is 10.0. The molecule has 3 aromatic heterocycles. The van der Waals surface area contributed by atoms with Crippen molar-refractivity contribution in [2.24, 2.45) is 0 Å². The van der Waals surface area contributed by atoms with Gasteiger partial charge in [-0.1, -0.05) is 0 Å². The Labute approximate surface area is 221 Å². The SMILES string of the molecule is Cc1nn(C2CCNCC2)c(C(F)(F)F)c1-c1cc(N2CCOC[C@H]2C)nc(-n2cnc3cc(F)ccc32)n1. The molecule has 0 unspecified atom stereocenters. The third kappa shape index (κ3) is 4.73. The number of ether oxygens (including phenoxy) is 1. The van der Waals surface area contributed by atoms with Crippen molar-refractivity contribution in [2.45, 2.75) is 44.9 Å². The average molecular weight is 545 g/mol. The first-order valence-electron chi connectivity index (χ1n) is 12.9. The largest absolute Gasteiger partial charge is 0.433 e. The molecule has 5 heterocycles. The van der Waals surface area contributed by atoms with Crippen LogP contribution in [0.3, 0.4) is 0 Å². The number of hydrogen-bond donors (Lipinski definition) is 1. The van der Waals surface area contributed by atoms with Crippen LogP contribution in [0.25, 0.3) is 28.2 Å². The van der Waals surface area contributed by atoms with Crippen molar-refractivity contribution in [3.8, 4) is 17.2 Å². The zero-order chi connectivity index (χ0) is 27.3. The summed E-state index contributed by atoms with van der Waals surface area (Å²) in [5, 5.41) is 7.59. The Balaban J connectivity index is 1.57. The average Bonchev–Trinajstić information content (AvgIpc) is 3.50. The molecule has 6 rings (SSSR count). The van der Waals surface area contributed by atoms with Crippen molar-refractivity contribution in [1.29, 1.82) is 0 Å². The number of morpholine rings is 1. The summed E-state index contributed by atoms with van der Waals surface area (Å²) in [6.07, 6.45) is -2.11. The zero-order valence-electron chi connectivity index (χ0n) is 21.5. The molecule has 4 aromatic rings. The molecule has 0 amide bonds. The second kappa shape index (κ2) is 9.87. The van der Waals surface area contributed by atoms with E-state index in [1.165, 1.54) is 18.5 Å². The van der Waals surface area contributed by atoms with Crippen LogP contribution >= 0.6 is 0 Å². The lowest BCUT2D eigenvalue weighted by atomic mass is 10.0. The van der Waals surface area contributed by atoms with Gasteiger partial charge in [0.1, 0.15) is 18.0 Å². The number of rotatable bonds is 4. The van der Waals surface area contributed by atoms with E-state index < -0.39 is 17.7 Å². The fourth-order valence-electron chi connectivity index (χ4n) is 5.46. The standard InChI is InChI=1S/C26H28F4N8O/c1-15-13-39-10-9-36(15)22-12-20(33-25(34-22)37-14-32-19-11-17(27)3-4-21(19)37)23-16(2)35-38(24(23)26(28,29)30)18-5-7-31-8-6-18/h3-4,11-12,14-15,18,31H,5-10,13H2,1-2H3/t15-/m1/s1. The first kappa shape index (κ1) is 25.7. The molecular weight excluding hydrogens is 516 g/mol. The minimum Gasteiger partial charge on any atom is -0.377 e. The molecular formula is C26H28F4N8O. The summed E-state index contributed by atoms with van der Waals surface area (Å²) < 4.78 is 66.2. The summed E-state index contributed by atoms with van der Waals surface area (Å²) in [4.78, 5) is 15.6. The molecule has 1 aromatic carbocycles. The van der Waals surface area contributed by atoms with Gasteiger partial charge in [-0.25, -0.2) is 14.4 Å². The van der Waals surface area contributed by atoms with E-state index in [9.17, 15) is 17.6 Å². The minimum absolute atomic E-state index is 0.0522. The van der Waals surface area contributed by atoms with Crippen LogP contribution < -0.4 is 10.2 Å². The predicted octanol–water partition coefficient (Wildman–Crippen LogP) is 4.29. The smallest absolute Gasteiger partial charge is 0.377 e. The molecule has 206 valence electrons. The molecule has 2 saturated heterocycles. The molecule has 39 heavy (non-hydrogen) atoms. The third-order valence-electron chi connectivity index (χ3n) is 7.35. The van der Waals surface area contributed by atoms with Crippen molar-refractivity contribution < 1.29 is 22.3 Å². The van der Waals surface area contributed by atoms with Gasteiger partial charge >= 0.3 is 6.18 Å². The van der Waals surface area contributed by atoms with Crippen LogP contribution in [-0.2, 0) is 10.9 Å². The number of aromatic nitrogens is 6. The van der Waals surface area contributed by atoms with Crippen molar-refractivity contribution in [3.63, 3.8) is 0 Å². The van der Waals surface area contributed by atoms with Crippen LogP contribution in [0.5, 0.6) is 0 Å². The van der Waals surface area contributed by atoms with Crippen LogP contribution in [-0.4, -0.2) is 68.2 Å². The minimum atomic E-state index is -4.65. The van der Waals surface area contributed by atoms with Crippen LogP contribution in [0.4, 0.5) is 23.4 Å². The molecule has 13 heteroatoms. The maximum atomic E-state index is 14.7. The number of alkyl halides is 3. The van der Waals surface area contributed by atoms with Gasteiger partial charge in [-0.05, 0) is 51.9 Å². The fraction of sp³-hybridized carbons (Fsp3) is 0.462. The highest BCUT2D eigenvalue weighted by Gasteiger charge is 2.42. The number of aryl methyl sites for hydroxylation is 1. The van der Waals surface area contributed by atoms with E-state index in [1.807, 2.05) is 11.8 Å². The number of hydrogen-bond acceptors (Lipinski definition) is 7.